The molecule has 1 aliphatic heterocycles. The van der Waals surface area contributed by atoms with Crippen molar-refractivity contribution >= 4 is 5.82 Å². The molecule has 0 saturated carbocycles. The van der Waals surface area contributed by atoms with Gasteiger partial charge in [-0.05, 0) is 18.6 Å². The third-order valence-corrected chi connectivity index (χ3v) is 2.97. The predicted molar refractivity (Wildman–Crippen MR) is 64.8 cm³/mol. The van der Waals surface area contributed by atoms with Gasteiger partial charge in [0.1, 0.15) is 17.4 Å². The van der Waals surface area contributed by atoms with Crippen molar-refractivity contribution in [1.82, 2.24) is 9.97 Å². The second-order valence-corrected chi connectivity index (χ2v) is 4.07. The number of nitrogens with two attached hydrogens (primary N) is 1. The van der Waals surface area contributed by atoms with Crippen LogP contribution in [0, 0.1) is 0 Å². The minimum Gasteiger partial charge on any atom is -0.493 e. The van der Waals surface area contributed by atoms with Gasteiger partial charge in [0, 0.05) is 11.8 Å². The quantitative estimate of drug-likeness (QED) is 0.809. The second kappa shape index (κ2) is 4.05. The van der Waals surface area contributed by atoms with E-state index < -0.39 is 0 Å². The van der Waals surface area contributed by atoms with Gasteiger partial charge in [-0.15, -0.1) is 0 Å². The Bertz CT molecular complexity index is 542. The lowest BCUT2D eigenvalue weighted by Gasteiger charge is -2.24. The zero-order chi connectivity index (χ0) is 11.7. The van der Waals surface area contributed by atoms with Gasteiger partial charge in [0.15, 0.2) is 0 Å². The first-order valence-corrected chi connectivity index (χ1v) is 5.65. The van der Waals surface area contributed by atoms with Crippen LogP contribution in [0.25, 0.3) is 0 Å². The van der Waals surface area contributed by atoms with E-state index in [0.29, 0.717) is 12.4 Å². The number of benzene rings is 1. The number of para-hydroxylation sites is 1. The zero-order valence-corrected chi connectivity index (χ0v) is 9.34. The summed E-state index contributed by atoms with van der Waals surface area (Å²) in [6, 6.07) is 9.72. The van der Waals surface area contributed by atoms with Crippen LogP contribution in [0.15, 0.2) is 36.5 Å². The normalized spacial score (nSPS) is 18.2. The lowest BCUT2D eigenvalue weighted by Crippen LogP contribution is -2.17. The van der Waals surface area contributed by atoms with Crippen molar-refractivity contribution in [3.63, 3.8) is 0 Å². The number of ether oxygens (including phenoxy) is 1. The van der Waals surface area contributed by atoms with Crippen LogP contribution in [-0.2, 0) is 0 Å². The molecule has 1 unspecified atom stereocenters. The molecule has 0 saturated heterocycles. The predicted octanol–water partition coefficient (Wildman–Crippen LogP) is 1.97. The minimum atomic E-state index is 0.184. The van der Waals surface area contributed by atoms with Crippen LogP contribution in [0.1, 0.15) is 23.7 Å². The van der Waals surface area contributed by atoms with E-state index in [9.17, 15) is 0 Å². The average Bonchev–Trinajstić information content (AvgIpc) is 2.38. The standard InChI is InChI=1S/C13H13N3O/c14-12-5-7-15-13(16-12)10-6-8-17-11-4-2-1-3-9(10)11/h1-5,7,10H,6,8H2,(H2,14,15,16). The molecule has 0 bridgehead atoms. The first kappa shape index (κ1) is 10.1. The number of hydrogen-bond acceptors (Lipinski definition) is 4. The Labute approximate surface area is 99.5 Å². The van der Waals surface area contributed by atoms with Crippen LogP contribution >= 0.6 is 0 Å². The average molecular weight is 227 g/mol. The zero-order valence-electron chi connectivity index (χ0n) is 9.34. The number of anilines is 1. The highest BCUT2D eigenvalue weighted by molar-refractivity contribution is 5.41. The summed E-state index contributed by atoms with van der Waals surface area (Å²) in [5.74, 6) is 2.40. The minimum absolute atomic E-state index is 0.184. The lowest BCUT2D eigenvalue weighted by atomic mass is 9.92. The molecule has 1 aliphatic rings. The molecule has 3 rings (SSSR count). The van der Waals surface area contributed by atoms with Gasteiger partial charge in [-0.25, -0.2) is 9.97 Å². The largest absolute Gasteiger partial charge is 0.493 e. The molecule has 4 heteroatoms. The highest BCUT2D eigenvalue weighted by Crippen LogP contribution is 2.36. The van der Waals surface area contributed by atoms with Gasteiger partial charge in [0.2, 0.25) is 0 Å². The van der Waals surface area contributed by atoms with Crippen molar-refractivity contribution < 1.29 is 4.74 Å². The van der Waals surface area contributed by atoms with Crippen molar-refractivity contribution in [3.05, 3.63) is 47.9 Å². The molecule has 0 spiro atoms. The highest BCUT2D eigenvalue weighted by Gasteiger charge is 2.24. The van der Waals surface area contributed by atoms with Crippen LogP contribution in [-0.4, -0.2) is 16.6 Å². The van der Waals surface area contributed by atoms with Crippen LogP contribution in [0.3, 0.4) is 0 Å². The maximum atomic E-state index is 5.70. The number of rotatable bonds is 1. The Kier molecular flexibility index (Phi) is 2.40. The molecular weight excluding hydrogens is 214 g/mol. The monoisotopic (exact) mass is 227 g/mol. The van der Waals surface area contributed by atoms with Crippen molar-refractivity contribution in [1.29, 1.82) is 0 Å². The van der Waals surface area contributed by atoms with E-state index >= 15 is 0 Å². The summed E-state index contributed by atoms with van der Waals surface area (Å²) in [5.41, 5.74) is 6.85. The van der Waals surface area contributed by atoms with Crippen LogP contribution in [0.2, 0.25) is 0 Å². The third kappa shape index (κ3) is 1.82. The van der Waals surface area contributed by atoms with E-state index in [1.807, 2.05) is 18.2 Å². The fourth-order valence-corrected chi connectivity index (χ4v) is 2.17. The molecule has 1 aromatic heterocycles. The van der Waals surface area contributed by atoms with Crippen LogP contribution in [0.4, 0.5) is 5.82 Å². The van der Waals surface area contributed by atoms with Gasteiger partial charge < -0.3 is 10.5 Å². The Morgan fingerprint density at radius 2 is 2.12 bits per heavy atom. The van der Waals surface area contributed by atoms with E-state index in [-0.39, 0.29) is 5.92 Å². The number of fused-ring (bicyclic) bond motifs is 1. The van der Waals surface area contributed by atoms with Crippen molar-refractivity contribution in [2.45, 2.75) is 12.3 Å². The van der Waals surface area contributed by atoms with Gasteiger partial charge in [0.05, 0.1) is 12.5 Å². The second-order valence-electron chi connectivity index (χ2n) is 4.07. The summed E-state index contributed by atoms with van der Waals surface area (Å²) in [6.45, 7) is 0.694. The van der Waals surface area contributed by atoms with Gasteiger partial charge in [-0.1, -0.05) is 18.2 Å². The number of nitrogens with zero attached hydrogens (tertiary/aromatic N) is 2. The Balaban J connectivity index is 2.06. The summed E-state index contributed by atoms with van der Waals surface area (Å²) in [7, 11) is 0. The highest BCUT2D eigenvalue weighted by atomic mass is 16.5. The first-order chi connectivity index (χ1) is 8.34. The van der Waals surface area contributed by atoms with Gasteiger partial charge in [0.25, 0.3) is 0 Å². The molecule has 1 atom stereocenters. The van der Waals surface area contributed by atoms with E-state index in [1.54, 1.807) is 12.3 Å². The molecular formula is C13H13N3O. The summed E-state index contributed by atoms with van der Waals surface area (Å²) >= 11 is 0. The number of hydrogen-bond donors (Lipinski definition) is 1. The molecule has 4 nitrogen and oxygen atoms in total. The molecule has 2 heterocycles. The first-order valence-electron chi connectivity index (χ1n) is 5.65. The summed E-state index contributed by atoms with van der Waals surface area (Å²) in [6.07, 6.45) is 2.59. The lowest BCUT2D eigenvalue weighted by molar-refractivity contribution is 0.274. The molecule has 0 fully saturated rings. The van der Waals surface area contributed by atoms with Crippen molar-refractivity contribution in [2.24, 2.45) is 0 Å². The smallest absolute Gasteiger partial charge is 0.138 e. The molecule has 0 aliphatic carbocycles. The van der Waals surface area contributed by atoms with E-state index in [4.69, 9.17) is 10.5 Å². The fourth-order valence-electron chi connectivity index (χ4n) is 2.17. The van der Waals surface area contributed by atoms with E-state index in [0.717, 1.165) is 23.6 Å². The Morgan fingerprint density at radius 3 is 3.00 bits per heavy atom. The van der Waals surface area contributed by atoms with E-state index in [2.05, 4.69) is 16.0 Å². The van der Waals surface area contributed by atoms with Gasteiger partial charge in [-0.3, -0.25) is 0 Å². The SMILES string of the molecule is Nc1ccnc(C2CCOc3ccccc32)n1. The molecule has 86 valence electrons. The number of aromatic nitrogens is 2. The molecule has 2 aromatic rings. The summed E-state index contributed by atoms with van der Waals surface area (Å²) in [4.78, 5) is 8.62. The third-order valence-electron chi connectivity index (χ3n) is 2.97. The van der Waals surface area contributed by atoms with E-state index in [1.165, 1.54) is 0 Å². The maximum Gasteiger partial charge on any atom is 0.138 e. The van der Waals surface area contributed by atoms with Crippen LogP contribution in [0.5, 0.6) is 5.75 Å². The molecule has 0 amide bonds. The van der Waals surface area contributed by atoms with Crippen molar-refractivity contribution in [2.75, 3.05) is 12.3 Å². The van der Waals surface area contributed by atoms with Crippen LogP contribution < -0.4 is 10.5 Å². The summed E-state index contributed by atoms with van der Waals surface area (Å²) in [5, 5.41) is 0. The summed E-state index contributed by atoms with van der Waals surface area (Å²) < 4.78 is 5.62. The fraction of sp³-hybridized carbons (Fsp3) is 0.231. The topological polar surface area (TPSA) is 61.0 Å². The molecule has 1 aromatic carbocycles. The van der Waals surface area contributed by atoms with Crippen molar-refractivity contribution in [3.8, 4) is 5.75 Å². The molecule has 2 N–H and O–H groups in total. The maximum absolute atomic E-state index is 5.70. The van der Waals surface area contributed by atoms with Gasteiger partial charge >= 0.3 is 0 Å². The van der Waals surface area contributed by atoms with Gasteiger partial charge in [-0.2, -0.15) is 0 Å². The molecule has 0 radical (unpaired) electrons. The molecule has 17 heavy (non-hydrogen) atoms. The Hall–Kier alpha value is -2.10. The number of nitrogen functional groups attached to an aromatic ring is 1. The Morgan fingerprint density at radius 1 is 1.24 bits per heavy atom.